The molecule has 20 heavy (non-hydrogen) atoms. The highest BCUT2D eigenvalue weighted by atomic mass is 16.5. The van der Waals surface area contributed by atoms with E-state index in [2.05, 4.69) is 0 Å². The first kappa shape index (κ1) is 13.9. The van der Waals surface area contributed by atoms with Crippen molar-refractivity contribution in [3.63, 3.8) is 0 Å². The van der Waals surface area contributed by atoms with Crippen molar-refractivity contribution in [1.82, 2.24) is 0 Å². The number of aliphatic carboxylic acids is 1. The summed E-state index contributed by atoms with van der Waals surface area (Å²) in [5, 5.41) is 8.83. The van der Waals surface area contributed by atoms with Gasteiger partial charge < -0.3 is 9.84 Å². The molecule has 0 heterocycles. The molecule has 0 unspecified atom stereocenters. The van der Waals surface area contributed by atoms with Gasteiger partial charge in [0.25, 0.3) is 0 Å². The third-order valence-corrected chi connectivity index (χ3v) is 2.83. The van der Waals surface area contributed by atoms with Crippen molar-refractivity contribution in [2.75, 3.05) is 0 Å². The monoisotopic (exact) mass is 268 g/mol. The van der Waals surface area contributed by atoms with E-state index in [1.165, 1.54) is 0 Å². The van der Waals surface area contributed by atoms with Crippen LogP contribution in [0, 0.1) is 6.92 Å². The Labute approximate surface area is 118 Å². The Kier molecular flexibility index (Phi) is 4.20. The van der Waals surface area contributed by atoms with Crippen LogP contribution in [-0.2, 0) is 4.79 Å². The number of hydrogen-bond acceptors (Lipinski definition) is 2. The summed E-state index contributed by atoms with van der Waals surface area (Å²) in [7, 11) is 0. The average Bonchev–Trinajstić information content (AvgIpc) is 2.41. The molecule has 0 spiro atoms. The molecule has 1 N–H and O–H groups in total. The summed E-state index contributed by atoms with van der Waals surface area (Å²) < 4.78 is 5.73. The fraction of sp³-hybridized carbons (Fsp3) is 0.118. The van der Waals surface area contributed by atoms with Crippen LogP contribution in [0.2, 0.25) is 0 Å². The Hall–Kier alpha value is -2.55. The van der Waals surface area contributed by atoms with Crippen LogP contribution in [0.15, 0.2) is 54.1 Å². The summed E-state index contributed by atoms with van der Waals surface area (Å²) in [4.78, 5) is 10.8. The summed E-state index contributed by atoms with van der Waals surface area (Å²) in [5.74, 6) is 0.598. The molecule has 0 saturated heterocycles. The summed E-state index contributed by atoms with van der Waals surface area (Å²) in [6.45, 7) is 3.58. The Morgan fingerprint density at radius 3 is 2.40 bits per heavy atom. The minimum atomic E-state index is -0.912. The lowest BCUT2D eigenvalue weighted by Gasteiger charge is -2.06. The maximum Gasteiger partial charge on any atom is 0.331 e. The van der Waals surface area contributed by atoms with Gasteiger partial charge in [0.1, 0.15) is 11.5 Å². The smallest absolute Gasteiger partial charge is 0.331 e. The van der Waals surface area contributed by atoms with E-state index in [0.717, 1.165) is 22.6 Å². The van der Waals surface area contributed by atoms with Crippen LogP contribution >= 0.6 is 0 Å². The predicted octanol–water partition coefficient (Wildman–Crippen LogP) is 4.28. The first-order chi connectivity index (χ1) is 9.54. The topological polar surface area (TPSA) is 46.5 Å². The number of benzene rings is 2. The van der Waals surface area contributed by atoms with E-state index in [9.17, 15) is 4.79 Å². The normalized spacial score (nSPS) is 11.2. The molecule has 0 aliphatic heterocycles. The van der Waals surface area contributed by atoms with E-state index in [-0.39, 0.29) is 0 Å². The summed E-state index contributed by atoms with van der Waals surface area (Å²) >= 11 is 0. The second-order valence-corrected chi connectivity index (χ2v) is 4.62. The molecule has 0 radical (unpaired) electrons. The quantitative estimate of drug-likeness (QED) is 0.842. The van der Waals surface area contributed by atoms with E-state index in [1.807, 2.05) is 55.5 Å². The number of hydrogen-bond donors (Lipinski definition) is 1. The van der Waals surface area contributed by atoms with Crippen LogP contribution in [0.25, 0.3) is 6.08 Å². The molecule has 0 saturated carbocycles. The van der Waals surface area contributed by atoms with Crippen LogP contribution in [0.5, 0.6) is 11.5 Å². The number of carboxylic acid groups (broad SMARTS) is 1. The summed E-state index contributed by atoms with van der Waals surface area (Å²) in [6.07, 6.45) is 1.62. The van der Waals surface area contributed by atoms with Crippen molar-refractivity contribution in [2.24, 2.45) is 0 Å². The molecular formula is C17H16O3. The van der Waals surface area contributed by atoms with E-state index >= 15 is 0 Å². The van der Waals surface area contributed by atoms with Crippen molar-refractivity contribution in [3.8, 4) is 11.5 Å². The van der Waals surface area contributed by atoms with E-state index in [4.69, 9.17) is 9.84 Å². The highest BCUT2D eigenvalue weighted by Crippen LogP contribution is 2.23. The van der Waals surface area contributed by atoms with Gasteiger partial charge in [0.2, 0.25) is 0 Å². The van der Waals surface area contributed by atoms with Gasteiger partial charge in [0, 0.05) is 5.57 Å². The van der Waals surface area contributed by atoms with Gasteiger partial charge in [-0.25, -0.2) is 4.79 Å². The molecule has 0 amide bonds. The van der Waals surface area contributed by atoms with Crippen molar-refractivity contribution in [2.45, 2.75) is 13.8 Å². The van der Waals surface area contributed by atoms with Crippen molar-refractivity contribution in [3.05, 3.63) is 65.2 Å². The maximum atomic E-state index is 10.8. The lowest BCUT2D eigenvalue weighted by atomic mass is 10.1. The first-order valence-electron chi connectivity index (χ1n) is 6.31. The molecule has 2 aromatic carbocycles. The highest BCUT2D eigenvalue weighted by Gasteiger charge is 2.01. The summed E-state index contributed by atoms with van der Waals surface area (Å²) in [5.41, 5.74) is 2.28. The van der Waals surface area contributed by atoms with Crippen LogP contribution in [0.4, 0.5) is 0 Å². The molecule has 0 aliphatic carbocycles. The molecule has 2 aromatic rings. The third-order valence-electron chi connectivity index (χ3n) is 2.83. The molecule has 3 heteroatoms. The Balaban J connectivity index is 2.13. The van der Waals surface area contributed by atoms with Gasteiger partial charge in [0.15, 0.2) is 0 Å². The summed E-state index contributed by atoms with van der Waals surface area (Å²) in [6, 6.07) is 15.1. The Morgan fingerprint density at radius 2 is 1.80 bits per heavy atom. The van der Waals surface area contributed by atoms with Crippen LogP contribution in [0.3, 0.4) is 0 Å². The van der Waals surface area contributed by atoms with Crippen LogP contribution < -0.4 is 4.74 Å². The number of rotatable bonds is 4. The van der Waals surface area contributed by atoms with E-state index in [0.29, 0.717) is 5.57 Å². The SMILES string of the molecule is C/C(=C\c1ccc(Oc2cccc(C)c2)cc1)C(=O)O. The molecule has 0 atom stereocenters. The van der Waals surface area contributed by atoms with Gasteiger partial charge in [-0.1, -0.05) is 24.3 Å². The number of ether oxygens (including phenoxy) is 1. The fourth-order valence-corrected chi connectivity index (χ4v) is 1.76. The molecular weight excluding hydrogens is 252 g/mol. The predicted molar refractivity (Wildman–Crippen MR) is 79.0 cm³/mol. The van der Waals surface area contributed by atoms with Gasteiger partial charge in [-0.05, 0) is 55.3 Å². The second kappa shape index (κ2) is 6.06. The lowest BCUT2D eigenvalue weighted by Crippen LogP contribution is -1.95. The van der Waals surface area contributed by atoms with Gasteiger partial charge in [-0.3, -0.25) is 0 Å². The number of carboxylic acids is 1. The number of carbonyl (C=O) groups is 1. The molecule has 2 rings (SSSR count). The van der Waals surface area contributed by atoms with E-state index in [1.54, 1.807) is 13.0 Å². The lowest BCUT2D eigenvalue weighted by molar-refractivity contribution is -0.132. The van der Waals surface area contributed by atoms with Gasteiger partial charge in [-0.15, -0.1) is 0 Å². The molecule has 0 aliphatic rings. The van der Waals surface area contributed by atoms with Crippen molar-refractivity contribution >= 4 is 12.0 Å². The minimum absolute atomic E-state index is 0.303. The number of aryl methyl sites for hydroxylation is 1. The van der Waals surface area contributed by atoms with Crippen molar-refractivity contribution < 1.29 is 14.6 Å². The standard InChI is InChI=1S/C17H16O3/c1-12-4-3-5-16(10-12)20-15-8-6-14(7-9-15)11-13(2)17(18)19/h3-11H,1-2H3,(H,18,19)/b13-11+. The zero-order valence-corrected chi connectivity index (χ0v) is 11.5. The molecule has 102 valence electrons. The maximum absolute atomic E-state index is 10.8. The zero-order chi connectivity index (χ0) is 14.5. The van der Waals surface area contributed by atoms with Gasteiger partial charge in [-0.2, -0.15) is 0 Å². The van der Waals surface area contributed by atoms with E-state index < -0.39 is 5.97 Å². The second-order valence-electron chi connectivity index (χ2n) is 4.62. The largest absolute Gasteiger partial charge is 0.478 e. The first-order valence-corrected chi connectivity index (χ1v) is 6.31. The minimum Gasteiger partial charge on any atom is -0.478 e. The van der Waals surface area contributed by atoms with Crippen molar-refractivity contribution in [1.29, 1.82) is 0 Å². The highest BCUT2D eigenvalue weighted by molar-refractivity contribution is 5.91. The molecule has 0 fully saturated rings. The van der Waals surface area contributed by atoms with Gasteiger partial charge >= 0.3 is 5.97 Å². The Bertz CT molecular complexity index is 640. The molecule has 0 bridgehead atoms. The zero-order valence-electron chi connectivity index (χ0n) is 11.5. The molecule has 3 nitrogen and oxygen atoms in total. The fourth-order valence-electron chi connectivity index (χ4n) is 1.76. The van der Waals surface area contributed by atoms with Gasteiger partial charge in [0.05, 0.1) is 0 Å². The Morgan fingerprint density at radius 1 is 1.10 bits per heavy atom. The molecule has 0 aromatic heterocycles. The van der Waals surface area contributed by atoms with Crippen LogP contribution in [-0.4, -0.2) is 11.1 Å². The third kappa shape index (κ3) is 3.72. The van der Waals surface area contributed by atoms with Crippen LogP contribution in [0.1, 0.15) is 18.1 Å². The average molecular weight is 268 g/mol.